The lowest BCUT2D eigenvalue weighted by Gasteiger charge is -2.34. The number of phosphoric ester groups is 7. The molecule has 622 valence electrons. The highest BCUT2D eigenvalue weighted by molar-refractivity contribution is 9.13. The van der Waals surface area contributed by atoms with Gasteiger partial charge in [-0.3, -0.25) is 72.7 Å². The van der Waals surface area contributed by atoms with Gasteiger partial charge in [0.05, 0.1) is 42.5 Å². The molecule has 4 atom stereocenters. The predicted molar refractivity (Wildman–Crippen MR) is 416 cm³/mol. The number of rotatable bonds is 37. The molecule has 1 N–H and O–H groups in total. The summed E-state index contributed by atoms with van der Waals surface area (Å²) in [5.41, 5.74) is 2.42. The maximum atomic E-state index is 12.3. The Kier molecular flexibility index (Phi) is 57.6. The number of carbonyl (C=O) groups is 3. The molecule has 4 rings (SSSR count). The molecular weight excluding hydrogens is 1890 g/mol. The summed E-state index contributed by atoms with van der Waals surface area (Å²) in [6, 6.07) is 14.0. The average Bonchev–Trinajstić information content (AvgIpc) is 1.55. The minimum Gasteiger partial charge on any atom is -0.466 e. The van der Waals surface area contributed by atoms with Crippen LogP contribution in [-0.2, 0) is 151 Å². The van der Waals surface area contributed by atoms with E-state index in [-0.39, 0.29) is 58.5 Å². The molecule has 108 heavy (non-hydrogen) atoms. The standard InChI is InChI=1S/C14H19O6P.C12H14Cl3O4P.C9H12ClO4P.C7H14NO5P.C7H13O6P.C4H7Br2Cl2O4P.C4H7Cl2O4P/c1-11(20-21(16,17-3)18-4)10-14(15)19-12(2)13-8-6-5-7-9-13;1-3-17-20(16,18-4-2)19-12(8-13)10-6-5-9(14)7-11(10)15;1-12-15(11,13-2)14-9-7-5-3-4-6(7)8(9)10;1-6(5-7(9)8-2)13-14(10,11-3)12-4;1-6(5-7(8)10-2)13-14(9,11-3)12-4;1-10-13(9,11-2)12-3(5)4(6,7)8;1-8-11(7,9-2)10-3-4(5)6/h5-10,12H,1-4H3;5-8H,3-4H2,1-2H3;3-4,6-7H,5H2,1-2H3;5H,1-4H3,(H,8,9);5H,1-4H3;3H,1-2H3;3H,1-2H3/b11-10+;12-8-;;2*6-5+;;. The molecule has 0 heterocycles. The summed E-state index contributed by atoms with van der Waals surface area (Å²) in [7, 11) is -7.96. The van der Waals surface area contributed by atoms with E-state index in [1.54, 1.807) is 32.9 Å². The van der Waals surface area contributed by atoms with Crippen molar-refractivity contribution in [2.75, 3.05) is 113 Å². The smallest absolute Gasteiger partial charge is 0.466 e. The van der Waals surface area contributed by atoms with E-state index in [2.05, 4.69) is 101 Å². The van der Waals surface area contributed by atoms with Crippen molar-refractivity contribution in [2.24, 2.45) is 11.8 Å². The minimum atomic E-state index is -3.73. The minimum absolute atomic E-state index is 0.0762. The molecule has 4 unspecified atom stereocenters. The number of nitrogens with one attached hydrogen (secondary N) is 1. The van der Waals surface area contributed by atoms with Gasteiger partial charge in [-0.05, 0) is 87.7 Å². The van der Waals surface area contributed by atoms with Crippen LogP contribution in [-0.4, -0.2) is 139 Å². The van der Waals surface area contributed by atoms with E-state index >= 15 is 0 Å². The van der Waals surface area contributed by atoms with E-state index in [1.807, 2.05) is 42.5 Å². The molecule has 0 aliphatic heterocycles. The summed E-state index contributed by atoms with van der Waals surface area (Å²) in [6.45, 7) is 9.80. The van der Waals surface area contributed by atoms with Gasteiger partial charge in [0.25, 0.3) is 0 Å². The van der Waals surface area contributed by atoms with Crippen molar-refractivity contribution < 1.29 is 151 Å². The number of alkyl halides is 4. The van der Waals surface area contributed by atoms with Crippen LogP contribution in [0.2, 0.25) is 10.0 Å². The quantitative estimate of drug-likeness (QED) is 0.0164. The number of halogens is 10. The summed E-state index contributed by atoms with van der Waals surface area (Å²) in [5, 5.41) is 2.79. The molecule has 0 saturated heterocycles. The first-order valence-corrected chi connectivity index (χ1v) is 44.4. The van der Waals surface area contributed by atoms with Crippen LogP contribution in [0.15, 0.2) is 123 Å². The van der Waals surface area contributed by atoms with Gasteiger partial charge in [0.15, 0.2) is 10.8 Å². The van der Waals surface area contributed by atoms with Gasteiger partial charge in [0, 0.05) is 126 Å². The zero-order chi connectivity index (χ0) is 84.1. The Morgan fingerprint density at radius 2 is 1.03 bits per heavy atom. The van der Waals surface area contributed by atoms with Gasteiger partial charge in [-0.2, -0.15) is 0 Å². The normalized spacial score (nSPS) is 15.2. The van der Waals surface area contributed by atoms with E-state index < -0.39 is 81.1 Å². The number of hydrogen-bond acceptors (Lipinski definition) is 33. The Labute approximate surface area is 685 Å². The Morgan fingerprint density at radius 1 is 0.602 bits per heavy atom. The predicted octanol–water partition coefficient (Wildman–Crippen LogP) is 21.3. The molecule has 2 aromatic carbocycles. The lowest BCUT2D eigenvalue weighted by molar-refractivity contribution is -0.142. The van der Waals surface area contributed by atoms with Gasteiger partial charge in [0.1, 0.15) is 39.9 Å². The van der Waals surface area contributed by atoms with Crippen molar-refractivity contribution >= 4 is 203 Å². The monoisotopic (exact) mass is 1970 g/mol. The number of hydrogen-bond donors (Lipinski definition) is 1. The summed E-state index contributed by atoms with van der Waals surface area (Å²) in [4.78, 5) is 33.3. The molecule has 2 aromatic rings. The zero-order valence-corrected chi connectivity index (χ0v) is 77.0. The molecule has 0 bridgehead atoms. The zero-order valence-electron chi connectivity index (χ0n) is 61.5. The lowest BCUT2D eigenvalue weighted by atomic mass is 9.82. The van der Waals surface area contributed by atoms with E-state index in [9.17, 15) is 46.3 Å². The third-order valence-corrected chi connectivity index (χ3v) is 25.7. The first-order valence-electron chi connectivity index (χ1n) is 29.4. The molecule has 0 aromatic heterocycles. The number of carbonyl (C=O) groups excluding carboxylic acids is 3. The Morgan fingerprint density at radius 3 is 1.40 bits per heavy atom. The van der Waals surface area contributed by atoms with Crippen LogP contribution in [0.25, 0.3) is 5.76 Å². The fourth-order valence-electron chi connectivity index (χ4n) is 6.46. The van der Waals surface area contributed by atoms with Crippen LogP contribution in [0, 0.1) is 11.8 Å². The molecule has 1 amide bonds. The van der Waals surface area contributed by atoms with Gasteiger partial charge in [-0.25, -0.2) is 41.5 Å². The molecule has 51 heteroatoms. The van der Waals surface area contributed by atoms with Crippen molar-refractivity contribution in [3.8, 4) is 0 Å². The number of amides is 1. The molecule has 0 radical (unpaired) electrons. The number of methoxy groups -OCH3 is 1. The number of allylic oxidation sites excluding steroid dienone is 7. The number of esters is 2. The van der Waals surface area contributed by atoms with E-state index in [4.69, 9.17) is 134 Å². The molecule has 2 aliphatic carbocycles. The van der Waals surface area contributed by atoms with Crippen LogP contribution in [0.3, 0.4) is 0 Å². The van der Waals surface area contributed by atoms with Gasteiger partial charge >= 0.3 is 66.7 Å². The van der Waals surface area contributed by atoms with E-state index in [0.29, 0.717) is 26.4 Å². The highest BCUT2D eigenvalue weighted by Gasteiger charge is 2.45. The first-order chi connectivity index (χ1) is 50.2. The maximum absolute atomic E-state index is 12.3. The summed E-state index contributed by atoms with van der Waals surface area (Å²) < 4.78 is 188. The van der Waals surface area contributed by atoms with Crippen LogP contribution < -0.4 is 5.32 Å². The number of ether oxygens (including phenoxy) is 2. The van der Waals surface area contributed by atoms with Crippen molar-refractivity contribution in [1.82, 2.24) is 5.32 Å². The Bertz CT molecular complexity index is 3570. The number of benzene rings is 2. The van der Waals surface area contributed by atoms with Gasteiger partial charge < -0.3 is 41.9 Å². The highest BCUT2D eigenvalue weighted by Crippen LogP contribution is 2.60. The second-order valence-electron chi connectivity index (χ2n) is 18.6. The fraction of sp³-hybridized carbons (Fsp3) is 0.491. The molecular formula is C57H86Br2Cl8NO33P7. The summed E-state index contributed by atoms with van der Waals surface area (Å²) >= 11 is 50.9. The average molecular weight is 1970 g/mol. The maximum Gasteiger partial charge on any atom is 0.530 e. The third-order valence-electron chi connectivity index (χ3n) is 11.5. The van der Waals surface area contributed by atoms with Crippen molar-refractivity contribution in [1.29, 1.82) is 0 Å². The Hall–Kier alpha value is -1.88. The van der Waals surface area contributed by atoms with Crippen LogP contribution in [0.5, 0.6) is 0 Å². The molecule has 34 nitrogen and oxygen atoms in total. The van der Waals surface area contributed by atoms with Gasteiger partial charge in [-0.15, -0.1) is 0 Å². The van der Waals surface area contributed by atoms with E-state index in [1.165, 1.54) is 126 Å². The second-order valence-corrected chi connectivity index (χ2v) is 37.9. The van der Waals surface area contributed by atoms with Crippen molar-refractivity contribution in [3.05, 3.63) is 144 Å². The van der Waals surface area contributed by atoms with Crippen molar-refractivity contribution in [2.45, 2.75) is 62.3 Å². The van der Waals surface area contributed by atoms with E-state index in [0.717, 1.165) is 42.0 Å². The van der Waals surface area contributed by atoms with Crippen molar-refractivity contribution in [3.63, 3.8) is 0 Å². The number of likely N-dealkylation sites (N-methyl/N-ethyl adjacent to an activating group) is 1. The first kappa shape index (κ1) is 110. The molecule has 0 fully saturated rings. The number of phosphoric acid groups is 7. The Balaban J connectivity index is -0.00000120. The third kappa shape index (κ3) is 44.8. The highest BCUT2D eigenvalue weighted by atomic mass is 79.9. The van der Waals surface area contributed by atoms with Crippen LogP contribution in [0.1, 0.15) is 65.2 Å². The van der Waals surface area contributed by atoms with Gasteiger partial charge in [-0.1, -0.05) is 151 Å². The number of fused-ring (bicyclic) bond motifs is 1. The summed E-state index contributed by atoms with van der Waals surface area (Å²) in [6.07, 6.45) is 8.67. The topological polar surface area (TPSA) is 395 Å². The summed E-state index contributed by atoms with van der Waals surface area (Å²) in [5.74, 6) is -0.213. The van der Waals surface area contributed by atoms with Gasteiger partial charge in [0.2, 0.25) is 9.15 Å². The van der Waals surface area contributed by atoms with Crippen LogP contribution in [0.4, 0.5) is 0 Å². The molecule has 2 aliphatic rings. The lowest BCUT2D eigenvalue weighted by Crippen LogP contribution is -2.25. The second kappa shape index (κ2) is 56.4. The largest absolute Gasteiger partial charge is 0.530 e. The molecule has 0 spiro atoms. The SMILES string of the molecule is CCOP(=O)(OCC)O/C(=C\Cl)c1ccc(Cl)cc1Cl.CNC(=O)/C=C(\C)OP(=O)(OC)OC.COC(=O)/C=C(\C)OP(=O)(OC)OC.COP(=O)(OC)O/C(C)=C/C(=O)OC(C)c1ccccc1.COP(=O)(OC)OC(Br)C(Cl)(Cl)Br.COP(=O)(OC)OC1=C(Cl)C2C=CCC12.COP(=O)(OC)OC=C(Cl)Cl. The van der Waals surface area contributed by atoms with Crippen LogP contribution >= 0.6 is 179 Å². The molecule has 0 saturated carbocycles. The fourth-order valence-corrected chi connectivity index (χ4v) is 14.3.